The molecule has 3 atom stereocenters. The zero-order valence-corrected chi connectivity index (χ0v) is 19.9. The molecule has 1 aliphatic carbocycles. The first-order valence-electron chi connectivity index (χ1n) is 11.7. The smallest absolute Gasteiger partial charge is 0.275 e. The maximum atomic E-state index is 13.9. The molecule has 5 rings (SSSR count). The van der Waals surface area contributed by atoms with Crippen LogP contribution >= 0.6 is 11.3 Å². The summed E-state index contributed by atoms with van der Waals surface area (Å²) in [6.07, 6.45) is 5.45. The highest BCUT2D eigenvalue weighted by atomic mass is 32.1. The van der Waals surface area contributed by atoms with Gasteiger partial charge in [0.25, 0.3) is 5.91 Å². The summed E-state index contributed by atoms with van der Waals surface area (Å²) in [4.78, 5) is 29.5. The molecule has 0 spiro atoms. The van der Waals surface area contributed by atoms with Gasteiger partial charge in [0.05, 0.1) is 16.8 Å². The van der Waals surface area contributed by atoms with Crippen molar-refractivity contribution in [2.45, 2.75) is 71.0 Å². The van der Waals surface area contributed by atoms with Crippen LogP contribution in [0.4, 0.5) is 5.69 Å². The third kappa shape index (κ3) is 3.36. The number of rotatable bonds is 4. The van der Waals surface area contributed by atoms with Crippen molar-refractivity contribution in [3.63, 3.8) is 0 Å². The Bertz CT molecular complexity index is 1160. The molecule has 1 N–H and O–H groups in total. The number of benzene rings is 1. The molecule has 168 valence electrons. The number of thiophene rings is 1. The number of fused-ring (bicyclic) bond motifs is 3. The number of anilines is 1. The van der Waals surface area contributed by atoms with Gasteiger partial charge in [-0.05, 0) is 67.3 Å². The molecule has 6 heteroatoms. The standard InChI is InChI=1S/C26H31N3O2S/c1-4-18-9-11-19(12-10-18)29-24(30)22-15-23-21(13-14-32-23)28(22)16-26(29,3)25(31)27-20-8-6-5-7-17(20)2/h9-15,17,20H,4-8,16H2,1-3H3,(H,27,31)/t17-,20+,26-/m1/s1. The normalized spacial score (nSPS) is 25.7. The summed E-state index contributed by atoms with van der Waals surface area (Å²) < 4.78 is 3.12. The molecule has 3 aromatic rings. The van der Waals surface area contributed by atoms with Crippen LogP contribution in [0.25, 0.3) is 10.2 Å². The molecule has 5 nitrogen and oxygen atoms in total. The number of aromatic nitrogens is 1. The first-order chi connectivity index (χ1) is 15.4. The average Bonchev–Trinajstić information content (AvgIpc) is 3.38. The zero-order chi connectivity index (χ0) is 22.5. The molecule has 2 aliphatic rings. The molecule has 0 unspecified atom stereocenters. The van der Waals surface area contributed by atoms with Gasteiger partial charge in [0, 0.05) is 11.7 Å². The van der Waals surface area contributed by atoms with Gasteiger partial charge in [0.1, 0.15) is 11.2 Å². The molecule has 1 fully saturated rings. The molecule has 1 saturated carbocycles. The van der Waals surface area contributed by atoms with Gasteiger partial charge in [-0.3, -0.25) is 14.5 Å². The lowest BCUT2D eigenvalue weighted by atomic mass is 9.84. The lowest BCUT2D eigenvalue weighted by Crippen LogP contribution is -2.65. The van der Waals surface area contributed by atoms with E-state index in [2.05, 4.69) is 31.3 Å². The molecular formula is C26H31N3O2S. The predicted molar refractivity (Wildman–Crippen MR) is 130 cm³/mol. The van der Waals surface area contributed by atoms with E-state index in [0.29, 0.717) is 18.2 Å². The SMILES string of the molecule is CCc1ccc(N2C(=O)c3cc4sccc4n3C[C@]2(C)C(=O)N[C@H]2CCCC[C@H]2C)cc1. The minimum atomic E-state index is -1.01. The van der Waals surface area contributed by atoms with Crippen molar-refractivity contribution in [3.05, 3.63) is 53.0 Å². The van der Waals surface area contributed by atoms with E-state index in [4.69, 9.17) is 0 Å². The second kappa shape index (κ2) is 8.07. The third-order valence-corrected chi connectivity index (χ3v) is 8.28. The Hall–Kier alpha value is -2.60. The lowest BCUT2D eigenvalue weighted by Gasteiger charge is -2.45. The highest BCUT2D eigenvalue weighted by molar-refractivity contribution is 7.17. The molecule has 3 heterocycles. The monoisotopic (exact) mass is 449 g/mol. The fourth-order valence-electron chi connectivity index (χ4n) is 5.35. The van der Waals surface area contributed by atoms with Gasteiger partial charge in [-0.15, -0.1) is 11.3 Å². The van der Waals surface area contributed by atoms with E-state index in [9.17, 15) is 9.59 Å². The second-order valence-electron chi connectivity index (χ2n) is 9.56. The Labute approximate surface area is 193 Å². The lowest BCUT2D eigenvalue weighted by molar-refractivity contribution is -0.127. The Kier molecular flexibility index (Phi) is 5.36. The third-order valence-electron chi connectivity index (χ3n) is 7.42. The topological polar surface area (TPSA) is 54.3 Å². The van der Waals surface area contributed by atoms with Crippen LogP contribution in [0.2, 0.25) is 0 Å². The molecule has 0 radical (unpaired) electrons. The van der Waals surface area contributed by atoms with Crippen molar-refractivity contribution in [2.24, 2.45) is 5.92 Å². The average molecular weight is 450 g/mol. The molecule has 0 bridgehead atoms. The van der Waals surface area contributed by atoms with Crippen LogP contribution in [0.1, 0.15) is 62.5 Å². The minimum absolute atomic E-state index is 0.0631. The Balaban J connectivity index is 1.58. The Morgan fingerprint density at radius 3 is 2.66 bits per heavy atom. The van der Waals surface area contributed by atoms with Crippen LogP contribution in [-0.2, 0) is 17.8 Å². The van der Waals surface area contributed by atoms with Gasteiger partial charge in [-0.25, -0.2) is 0 Å². The molecule has 2 aromatic heterocycles. The van der Waals surface area contributed by atoms with E-state index in [0.717, 1.165) is 41.6 Å². The number of amides is 2. The zero-order valence-electron chi connectivity index (χ0n) is 19.1. The first kappa shape index (κ1) is 21.3. The maximum Gasteiger partial charge on any atom is 0.275 e. The molecule has 32 heavy (non-hydrogen) atoms. The van der Waals surface area contributed by atoms with Crippen LogP contribution in [0, 0.1) is 5.92 Å². The van der Waals surface area contributed by atoms with Gasteiger partial charge < -0.3 is 9.88 Å². The van der Waals surface area contributed by atoms with E-state index in [1.54, 1.807) is 16.2 Å². The number of hydrogen-bond donors (Lipinski definition) is 1. The molecule has 1 aliphatic heterocycles. The van der Waals surface area contributed by atoms with Gasteiger partial charge in [-0.1, -0.05) is 38.8 Å². The van der Waals surface area contributed by atoms with Crippen molar-refractivity contribution < 1.29 is 9.59 Å². The summed E-state index contributed by atoms with van der Waals surface area (Å²) in [5.41, 5.74) is 2.66. The molecular weight excluding hydrogens is 418 g/mol. The van der Waals surface area contributed by atoms with E-state index >= 15 is 0 Å². The molecule has 0 saturated heterocycles. The summed E-state index contributed by atoms with van der Waals surface area (Å²) in [5.74, 6) is 0.281. The summed E-state index contributed by atoms with van der Waals surface area (Å²) in [6.45, 7) is 6.70. The second-order valence-corrected chi connectivity index (χ2v) is 10.5. The van der Waals surface area contributed by atoms with Crippen molar-refractivity contribution in [1.29, 1.82) is 0 Å². The number of nitrogens with zero attached hydrogens (tertiary/aromatic N) is 2. The predicted octanol–water partition coefficient (Wildman–Crippen LogP) is 5.38. The van der Waals surface area contributed by atoms with Gasteiger partial charge in [0.2, 0.25) is 5.91 Å². The van der Waals surface area contributed by atoms with Crippen molar-refractivity contribution in [3.8, 4) is 0 Å². The molecule has 2 amide bonds. The fourth-order valence-corrected chi connectivity index (χ4v) is 6.17. The maximum absolute atomic E-state index is 13.9. The highest BCUT2D eigenvalue weighted by Crippen LogP contribution is 2.37. The molecule has 1 aromatic carbocycles. The summed E-state index contributed by atoms with van der Waals surface area (Å²) in [7, 11) is 0. The van der Waals surface area contributed by atoms with E-state index in [-0.39, 0.29) is 17.9 Å². The number of carbonyl (C=O) groups excluding carboxylic acids is 2. The van der Waals surface area contributed by atoms with E-state index in [1.165, 1.54) is 12.0 Å². The number of hydrogen-bond acceptors (Lipinski definition) is 3. The minimum Gasteiger partial charge on any atom is -0.351 e. The number of nitrogens with one attached hydrogen (secondary N) is 1. The first-order valence-corrected chi connectivity index (χ1v) is 12.6. The highest BCUT2D eigenvalue weighted by Gasteiger charge is 2.49. The van der Waals surface area contributed by atoms with Gasteiger partial charge in [0.15, 0.2) is 0 Å². The fraction of sp³-hybridized carbons (Fsp3) is 0.462. The number of carbonyl (C=O) groups is 2. The van der Waals surface area contributed by atoms with Crippen molar-refractivity contribution in [1.82, 2.24) is 9.88 Å². The summed E-state index contributed by atoms with van der Waals surface area (Å²) in [6, 6.07) is 12.2. The van der Waals surface area contributed by atoms with Crippen LogP contribution in [0.15, 0.2) is 41.8 Å². The van der Waals surface area contributed by atoms with Gasteiger partial charge >= 0.3 is 0 Å². The Morgan fingerprint density at radius 2 is 1.94 bits per heavy atom. The summed E-state index contributed by atoms with van der Waals surface area (Å²) in [5, 5.41) is 5.38. The largest absolute Gasteiger partial charge is 0.351 e. The quantitative estimate of drug-likeness (QED) is 0.581. The van der Waals surface area contributed by atoms with Crippen LogP contribution in [0.3, 0.4) is 0 Å². The van der Waals surface area contributed by atoms with E-state index in [1.807, 2.05) is 41.1 Å². The van der Waals surface area contributed by atoms with Crippen molar-refractivity contribution in [2.75, 3.05) is 4.90 Å². The van der Waals surface area contributed by atoms with Crippen LogP contribution in [0.5, 0.6) is 0 Å². The van der Waals surface area contributed by atoms with Gasteiger partial charge in [-0.2, -0.15) is 0 Å². The van der Waals surface area contributed by atoms with Crippen molar-refractivity contribution >= 4 is 39.1 Å². The summed E-state index contributed by atoms with van der Waals surface area (Å²) >= 11 is 1.63. The number of aryl methyl sites for hydroxylation is 1. The van der Waals surface area contributed by atoms with Crippen LogP contribution in [-0.4, -0.2) is 28.0 Å². The van der Waals surface area contributed by atoms with E-state index < -0.39 is 5.54 Å². The Morgan fingerprint density at radius 1 is 1.19 bits per heavy atom. The van der Waals surface area contributed by atoms with Crippen LogP contribution < -0.4 is 10.2 Å².